The molecule has 0 amide bonds. The molecule has 7 nitrogen and oxygen atoms in total. The molecular weight excluding hydrogens is 393 g/mol. The fourth-order valence-corrected chi connectivity index (χ4v) is 2.68. The lowest BCUT2D eigenvalue weighted by atomic mass is 10.2. The Morgan fingerprint density at radius 2 is 1.93 bits per heavy atom. The van der Waals surface area contributed by atoms with Crippen molar-refractivity contribution >= 4 is 18.4 Å². The molecule has 11 heteroatoms. The van der Waals surface area contributed by atoms with Gasteiger partial charge in [-0.15, -0.1) is 5.10 Å². The summed E-state index contributed by atoms with van der Waals surface area (Å²) in [6.45, 7) is 0. The number of alkyl halides is 3. The van der Waals surface area contributed by atoms with Crippen molar-refractivity contribution in [2.75, 3.05) is 0 Å². The first-order valence-corrected chi connectivity index (χ1v) is 8.32. The molecule has 3 heterocycles. The van der Waals surface area contributed by atoms with Gasteiger partial charge < -0.3 is 4.42 Å². The van der Waals surface area contributed by atoms with Crippen LogP contribution in [-0.4, -0.2) is 30.9 Å². The molecule has 0 saturated heterocycles. The molecule has 0 fully saturated rings. The van der Waals surface area contributed by atoms with Crippen molar-refractivity contribution in [2.24, 2.45) is 5.10 Å². The number of para-hydroxylation sites is 1. The molecule has 142 valence electrons. The molecule has 1 aromatic carbocycles. The van der Waals surface area contributed by atoms with Crippen molar-refractivity contribution in [3.63, 3.8) is 0 Å². The molecule has 1 N–H and O–H groups in total. The van der Waals surface area contributed by atoms with Crippen LogP contribution in [0.25, 0.3) is 17.1 Å². The number of hydrogen-bond donors (Lipinski definition) is 1. The van der Waals surface area contributed by atoms with Gasteiger partial charge in [-0.2, -0.15) is 28.0 Å². The maximum absolute atomic E-state index is 13.1. The second-order valence-electron chi connectivity index (χ2n) is 5.60. The van der Waals surface area contributed by atoms with E-state index in [1.165, 1.54) is 12.5 Å². The molecule has 0 radical (unpaired) electrons. The van der Waals surface area contributed by atoms with Gasteiger partial charge in [0.2, 0.25) is 4.77 Å². The number of hydrogen-bond acceptors (Lipinski definition) is 5. The van der Waals surface area contributed by atoms with E-state index in [1.807, 2.05) is 30.3 Å². The van der Waals surface area contributed by atoms with Gasteiger partial charge in [-0.05, 0) is 36.5 Å². The largest absolute Gasteiger partial charge is 0.463 e. The maximum Gasteiger partial charge on any atom is 0.453 e. The first kappa shape index (κ1) is 17.9. The predicted molar refractivity (Wildman–Crippen MR) is 96.7 cm³/mol. The fourth-order valence-electron chi connectivity index (χ4n) is 2.50. The van der Waals surface area contributed by atoms with Crippen molar-refractivity contribution in [1.82, 2.24) is 24.7 Å². The van der Waals surface area contributed by atoms with Crippen LogP contribution < -0.4 is 0 Å². The van der Waals surface area contributed by atoms with Crippen LogP contribution in [0.5, 0.6) is 0 Å². The van der Waals surface area contributed by atoms with E-state index in [4.69, 9.17) is 16.6 Å². The molecule has 0 spiro atoms. The Balaban J connectivity index is 1.80. The summed E-state index contributed by atoms with van der Waals surface area (Å²) in [7, 11) is 0. The first-order valence-electron chi connectivity index (χ1n) is 7.91. The van der Waals surface area contributed by atoms with E-state index in [0.717, 1.165) is 5.69 Å². The summed E-state index contributed by atoms with van der Waals surface area (Å²) < 4.78 is 46.4. The van der Waals surface area contributed by atoms with Gasteiger partial charge in [0.25, 0.3) is 5.82 Å². The molecule has 0 aliphatic rings. The van der Waals surface area contributed by atoms with E-state index in [9.17, 15) is 13.2 Å². The molecule has 28 heavy (non-hydrogen) atoms. The number of aromatic amines is 1. The van der Waals surface area contributed by atoms with Gasteiger partial charge in [-0.3, -0.25) is 0 Å². The van der Waals surface area contributed by atoms with Crippen LogP contribution in [0.1, 0.15) is 11.4 Å². The molecule has 0 aliphatic carbocycles. The quantitative estimate of drug-likeness (QED) is 0.407. The zero-order valence-corrected chi connectivity index (χ0v) is 14.8. The Kier molecular flexibility index (Phi) is 4.43. The van der Waals surface area contributed by atoms with Crippen LogP contribution in [0.4, 0.5) is 13.2 Å². The molecule has 0 unspecified atom stereocenters. The second-order valence-corrected chi connectivity index (χ2v) is 5.98. The highest BCUT2D eigenvalue weighted by molar-refractivity contribution is 7.71. The van der Waals surface area contributed by atoms with E-state index in [-0.39, 0.29) is 4.77 Å². The Bertz CT molecular complexity index is 1170. The normalized spacial score (nSPS) is 12.1. The van der Waals surface area contributed by atoms with E-state index in [2.05, 4.69) is 20.4 Å². The molecule has 3 aromatic heterocycles. The summed E-state index contributed by atoms with van der Waals surface area (Å²) in [6, 6.07) is 12.6. The number of rotatable bonds is 4. The smallest absolute Gasteiger partial charge is 0.453 e. The van der Waals surface area contributed by atoms with Crippen molar-refractivity contribution in [2.45, 2.75) is 6.18 Å². The second kappa shape index (κ2) is 6.93. The molecule has 0 saturated carbocycles. The lowest BCUT2D eigenvalue weighted by Crippen LogP contribution is -2.12. The standard InChI is InChI=1S/C17H11F3N6OS/c18-17(19,20)15-22-23-16(28)26(15)21-9-11-10-25(12-5-2-1-3-6-12)24-14(11)13-7-4-8-27-13/h1-10H,(H,23,28)/b21-9-. The highest BCUT2D eigenvalue weighted by atomic mass is 32.1. The van der Waals surface area contributed by atoms with Gasteiger partial charge in [0, 0.05) is 11.8 Å². The summed E-state index contributed by atoms with van der Waals surface area (Å²) in [6.07, 6.45) is -0.368. The van der Waals surface area contributed by atoms with E-state index in [0.29, 0.717) is 21.7 Å². The van der Waals surface area contributed by atoms with E-state index < -0.39 is 12.0 Å². The maximum atomic E-state index is 13.1. The SMILES string of the molecule is FC(F)(F)c1n[nH]c(=S)n1/N=C\c1cn(-c2ccccc2)nc1-c1ccco1. The van der Waals surface area contributed by atoms with Gasteiger partial charge in [0.15, 0.2) is 5.76 Å². The topological polar surface area (TPSA) is 76.9 Å². The van der Waals surface area contributed by atoms with E-state index in [1.54, 1.807) is 23.0 Å². The predicted octanol–water partition coefficient (Wildman–Crippen LogP) is 4.29. The van der Waals surface area contributed by atoms with Crippen molar-refractivity contribution < 1.29 is 17.6 Å². The Hall–Kier alpha value is -3.47. The summed E-state index contributed by atoms with van der Waals surface area (Å²) in [4.78, 5) is 0. The van der Waals surface area contributed by atoms with Crippen LogP contribution in [0.15, 0.2) is 64.4 Å². The minimum absolute atomic E-state index is 0.279. The Morgan fingerprint density at radius 1 is 1.14 bits per heavy atom. The zero-order chi connectivity index (χ0) is 19.7. The number of nitrogens with zero attached hydrogens (tertiary/aromatic N) is 5. The monoisotopic (exact) mass is 404 g/mol. The first-order chi connectivity index (χ1) is 13.4. The molecule has 0 aliphatic heterocycles. The molecule has 0 bridgehead atoms. The number of H-pyrrole nitrogens is 1. The third-order valence-electron chi connectivity index (χ3n) is 3.73. The number of nitrogens with one attached hydrogen (secondary N) is 1. The lowest BCUT2D eigenvalue weighted by molar-refractivity contribution is -0.147. The van der Waals surface area contributed by atoms with Crippen LogP contribution in [0.2, 0.25) is 0 Å². The minimum atomic E-state index is -4.71. The van der Waals surface area contributed by atoms with Gasteiger partial charge >= 0.3 is 6.18 Å². The molecule has 4 rings (SSSR count). The highest BCUT2D eigenvalue weighted by Crippen LogP contribution is 2.28. The van der Waals surface area contributed by atoms with Crippen molar-refractivity contribution in [1.29, 1.82) is 0 Å². The summed E-state index contributed by atoms with van der Waals surface area (Å²) in [5.74, 6) is -0.799. The summed E-state index contributed by atoms with van der Waals surface area (Å²) in [5, 5.41) is 13.6. The van der Waals surface area contributed by atoms with Gasteiger partial charge in [-0.25, -0.2) is 9.78 Å². The Morgan fingerprint density at radius 3 is 2.61 bits per heavy atom. The molecule has 0 atom stereocenters. The summed E-state index contributed by atoms with van der Waals surface area (Å²) >= 11 is 4.84. The van der Waals surface area contributed by atoms with Crippen molar-refractivity contribution in [3.05, 3.63) is 71.1 Å². The van der Waals surface area contributed by atoms with Gasteiger partial charge in [-0.1, -0.05) is 18.2 Å². The molecular formula is C17H11F3N6OS. The lowest BCUT2D eigenvalue weighted by Gasteiger charge is -2.03. The van der Waals surface area contributed by atoms with Crippen molar-refractivity contribution in [3.8, 4) is 17.1 Å². The number of aromatic nitrogens is 5. The third kappa shape index (κ3) is 3.39. The van der Waals surface area contributed by atoms with Gasteiger partial charge in [0.05, 0.1) is 18.2 Å². The molecule has 4 aromatic rings. The summed E-state index contributed by atoms with van der Waals surface area (Å²) in [5.41, 5.74) is 1.63. The average molecular weight is 404 g/mol. The fraction of sp³-hybridized carbons (Fsp3) is 0.0588. The highest BCUT2D eigenvalue weighted by Gasteiger charge is 2.37. The van der Waals surface area contributed by atoms with Crippen LogP contribution in [0, 0.1) is 4.77 Å². The van der Waals surface area contributed by atoms with Gasteiger partial charge in [0.1, 0.15) is 5.69 Å². The van der Waals surface area contributed by atoms with Crippen LogP contribution in [0.3, 0.4) is 0 Å². The Labute approximate surface area is 160 Å². The van der Waals surface area contributed by atoms with Crippen LogP contribution >= 0.6 is 12.2 Å². The number of furan rings is 1. The van der Waals surface area contributed by atoms with Crippen LogP contribution in [-0.2, 0) is 6.18 Å². The number of benzene rings is 1. The minimum Gasteiger partial charge on any atom is -0.463 e. The zero-order valence-electron chi connectivity index (χ0n) is 14.0. The average Bonchev–Trinajstić information content (AvgIpc) is 3.39. The van der Waals surface area contributed by atoms with E-state index >= 15 is 0 Å². The third-order valence-corrected chi connectivity index (χ3v) is 4.00. The number of halogens is 3.